The molecule has 128 valence electrons. The minimum absolute atomic E-state index is 0.0983. The monoisotopic (exact) mass is 326 g/mol. The van der Waals surface area contributed by atoms with E-state index in [1.807, 2.05) is 36.9 Å². The first-order chi connectivity index (χ1) is 11.4. The van der Waals surface area contributed by atoms with E-state index in [1.165, 1.54) is 0 Å². The number of piperazine rings is 1. The summed E-state index contributed by atoms with van der Waals surface area (Å²) in [6.07, 6.45) is 0. The maximum atomic E-state index is 12.8. The number of carbonyl (C=O) groups is 1. The number of hydrogen-bond acceptors (Lipinski definition) is 4. The highest BCUT2D eigenvalue weighted by Gasteiger charge is 2.22. The van der Waals surface area contributed by atoms with Crippen molar-refractivity contribution in [2.45, 2.75) is 27.7 Å². The van der Waals surface area contributed by atoms with Crippen LogP contribution in [0.4, 0.5) is 0 Å². The average molecular weight is 326 g/mol. The van der Waals surface area contributed by atoms with E-state index in [0.29, 0.717) is 11.5 Å². The molecule has 0 spiro atoms. The summed E-state index contributed by atoms with van der Waals surface area (Å²) in [5, 5.41) is 0. The SMILES string of the molecule is Cc1nc2ccc(C(=O)N3CCN(CC(C)C)CC3)cc2nc1C. The van der Waals surface area contributed by atoms with Gasteiger partial charge < -0.3 is 4.90 Å². The molecule has 0 aliphatic carbocycles. The molecule has 3 rings (SSSR count). The third-order valence-corrected chi connectivity index (χ3v) is 4.61. The number of hydrogen-bond donors (Lipinski definition) is 0. The number of carbonyl (C=O) groups excluding carboxylic acids is 1. The number of aromatic nitrogens is 2. The number of amides is 1. The van der Waals surface area contributed by atoms with Crippen molar-refractivity contribution in [1.82, 2.24) is 19.8 Å². The smallest absolute Gasteiger partial charge is 0.254 e. The Bertz CT molecular complexity index is 748. The zero-order chi connectivity index (χ0) is 17.3. The largest absolute Gasteiger partial charge is 0.336 e. The normalized spacial score (nSPS) is 16.1. The number of nitrogens with zero attached hydrogens (tertiary/aromatic N) is 4. The van der Waals surface area contributed by atoms with Gasteiger partial charge in [0.05, 0.1) is 22.4 Å². The van der Waals surface area contributed by atoms with Crippen molar-refractivity contribution in [3.63, 3.8) is 0 Å². The predicted molar refractivity (Wildman–Crippen MR) is 96.2 cm³/mol. The lowest BCUT2D eigenvalue weighted by Gasteiger charge is -2.35. The Hall–Kier alpha value is -2.01. The first-order valence-corrected chi connectivity index (χ1v) is 8.70. The molecule has 1 fully saturated rings. The molecule has 0 bridgehead atoms. The second-order valence-corrected chi connectivity index (χ2v) is 7.08. The second kappa shape index (κ2) is 6.85. The number of benzene rings is 1. The van der Waals surface area contributed by atoms with Crippen molar-refractivity contribution in [3.05, 3.63) is 35.2 Å². The number of aryl methyl sites for hydroxylation is 2. The summed E-state index contributed by atoms with van der Waals surface area (Å²) in [7, 11) is 0. The molecule has 1 aliphatic heterocycles. The van der Waals surface area contributed by atoms with Crippen LogP contribution in [0.25, 0.3) is 11.0 Å². The van der Waals surface area contributed by atoms with Gasteiger partial charge in [-0.3, -0.25) is 9.69 Å². The Kier molecular flexibility index (Phi) is 4.81. The summed E-state index contributed by atoms with van der Waals surface area (Å²) in [5.41, 5.74) is 4.19. The van der Waals surface area contributed by atoms with Crippen LogP contribution >= 0.6 is 0 Å². The van der Waals surface area contributed by atoms with Gasteiger partial charge >= 0.3 is 0 Å². The van der Waals surface area contributed by atoms with Crippen LogP contribution in [0.15, 0.2) is 18.2 Å². The highest BCUT2D eigenvalue weighted by Crippen LogP contribution is 2.17. The maximum absolute atomic E-state index is 12.8. The highest BCUT2D eigenvalue weighted by atomic mass is 16.2. The molecule has 2 heterocycles. The summed E-state index contributed by atoms with van der Waals surface area (Å²) >= 11 is 0. The van der Waals surface area contributed by atoms with Gasteiger partial charge in [0.2, 0.25) is 0 Å². The maximum Gasteiger partial charge on any atom is 0.254 e. The standard InChI is InChI=1S/C19H26N4O/c1-13(2)12-22-7-9-23(10-8-22)19(24)16-5-6-17-18(11-16)21-15(4)14(3)20-17/h5-6,11,13H,7-10,12H2,1-4H3. The third kappa shape index (κ3) is 3.56. The van der Waals surface area contributed by atoms with E-state index in [0.717, 1.165) is 55.1 Å². The fourth-order valence-corrected chi connectivity index (χ4v) is 3.20. The fraction of sp³-hybridized carbons (Fsp3) is 0.526. The molecule has 2 aromatic rings. The Balaban J connectivity index is 1.74. The van der Waals surface area contributed by atoms with Gasteiger partial charge in [-0.2, -0.15) is 0 Å². The van der Waals surface area contributed by atoms with Crippen molar-refractivity contribution in [2.24, 2.45) is 5.92 Å². The molecule has 1 saturated heterocycles. The van der Waals surface area contributed by atoms with Crippen molar-refractivity contribution in [1.29, 1.82) is 0 Å². The molecule has 0 radical (unpaired) electrons. The summed E-state index contributed by atoms with van der Waals surface area (Å²) in [6, 6.07) is 5.64. The molecule has 5 nitrogen and oxygen atoms in total. The Morgan fingerprint density at radius 2 is 1.67 bits per heavy atom. The first kappa shape index (κ1) is 16.8. The van der Waals surface area contributed by atoms with Crippen molar-refractivity contribution in [2.75, 3.05) is 32.7 Å². The van der Waals surface area contributed by atoms with E-state index in [4.69, 9.17) is 0 Å². The lowest BCUT2D eigenvalue weighted by atomic mass is 10.1. The second-order valence-electron chi connectivity index (χ2n) is 7.08. The quantitative estimate of drug-likeness (QED) is 0.870. The summed E-state index contributed by atoms with van der Waals surface area (Å²) in [4.78, 5) is 26.3. The van der Waals surface area contributed by atoms with E-state index in [2.05, 4.69) is 28.7 Å². The molecule has 5 heteroatoms. The lowest BCUT2D eigenvalue weighted by Crippen LogP contribution is -2.49. The van der Waals surface area contributed by atoms with E-state index >= 15 is 0 Å². The molecule has 1 aliphatic rings. The minimum Gasteiger partial charge on any atom is -0.336 e. The van der Waals surface area contributed by atoms with Crippen LogP contribution < -0.4 is 0 Å². The van der Waals surface area contributed by atoms with E-state index in [1.54, 1.807) is 0 Å². The summed E-state index contributed by atoms with van der Waals surface area (Å²) < 4.78 is 0. The molecule has 0 unspecified atom stereocenters. The van der Waals surface area contributed by atoms with E-state index < -0.39 is 0 Å². The zero-order valence-corrected chi connectivity index (χ0v) is 15.0. The first-order valence-electron chi connectivity index (χ1n) is 8.70. The highest BCUT2D eigenvalue weighted by molar-refractivity contribution is 5.97. The topological polar surface area (TPSA) is 49.3 Å². The van der Waals surface area contributed by atoms with Gasteiger partial charge in [-0.05, 0) is 38.0 Å². The minimum atomic E-state index is 0.0983. The van der Waals surface area contributed by atoms with Crippen LogP contribution in [-0.2, 0) is 0 Å². The van der Waals surface area contributed by atoms with Gasteiger partial charge in [0.15, 0.2) is 0 Å². The Morgan fingerprint density at radius 1 is 1.04 bits per heavy atom. The molecular formula is C19H26N4O. The predicted octanol–water partition coefficient (Wildman–Crippen LogP) is 2.66. The van der Waals surface area contributed by atoms with E-state index in [9.17, 15) is 4.79 Å². The zero-order valence-electron chi connectivity index (χ0n) is 15.0. The van der Waals surface area contributed by atoms with Crippen LogP contribution in [0.1, 0.15) is 35.6 Å². The Labute approximate surface area is 143 Å². The third-order valence-electron chi connectivity index (χ3n) is 4.61. The number of fused-ring (bicyclic) bond motifs is 1. The number of rotatable bonds is 3. The van der Waals surface area contributed by atoms with Crippen LogP contribution in [0, 0.1) is 19.8 Å². The van der Waals surface area contributed by atoms with Gasteiger partial charge in [-0.25, -0.2) is 9.97 Å². The van der Waals surface area contributed by atoms with Crippen LogP contribution in [-0.4, -0.2) is 58.4 Å². The van der Waals surface area contributed by atoms with Gasteiger partial charge in [0.25, 0.3) is 5.91 Å². The van der Waals surface area contributed by atoms with Crippen LogP contribution in [0.5, 0.6) is 0 Å². The van der Waals surface area contributed by atoms with Gasteiger partial charge in [0, 0.05) is 38.3 Å². The summed E-state index contributed by atoms with van der Waals surface area (Å²) in [5.74, 6) is 0.763. The van der Waals surface area contributed by atoms with Crippen molar-refractivity contribution < 1.29 is 4.79 Å². The molecule has 1 aromatic carbocycles. The Morgan fingerprint density at radius 3 is 2.29 bits per heavy atom. The van der Waals surface area contributed by atoms with Crippen LogP contribution in [0.2, 0.25) is 0 Å². The molecule has 1 aromatic heterocycles. The van der Waals surface area contributed by atoms with Crippen molar-refractivity contribution >= 4 is 16.9 Å². The molecule has 24 heavy (non-hydrogen) atoms. The molecule has 0 saturated carbocycles. The summed E-state index contributed by atoms with van der Waals surface area (Å²) in [6.45, 7) is 13.0. The van der Waals surface area contributed by atoms with Gasteiger partial charge in [-0.1, -0.05) is 13.8 Å². The molecule has 1 amide bonds. The average Bonchev–Trinajstić information content (AvgIpc) is 2.55. The lowest BCUT2D eigenvalue weighted by molar-refractivity contribution is 0.0624. The van der Waals surface area contributed by atoms with Crippen molar-refractivity contribution in [3.8, 4) is 0 Å². The molecule has 0 atom stereocenters. The fourth-order valence-electron chi connectivity index (χ4n) is 3.20. The van der Waals surface area contributed by atoms with Crippen LogP contribution in [0.3, 0.4) is 0 Å². The van der Waals surface area contributed by atoms with E-state index in [-0.39, 0.29) is 5.91 Å². The van der Waals surface area contributed by atoms with Gasteiger partial charge in [-0.15, -0.1) is 0 Å². The molecular weight excluding hydrogens is 300 g/mol. The van der Waals surface area contributed by atoms with Gasteiger partial charge in [0.1, 0.15) is 0 Å². The molecule has 0 N–H and O–H groups in total.